The SMILES string of the molecule is CC1(C(=O)Nc2ccc(C(F)(F)F)cc2)CCNC1. The summed E-state index contributed by atoms with van der Waals surface area (Å²) in [6.07, 6.45) is -3.64. The fourth-order valence-corrected chi connectivity index (χ4v) is 2.04. The Morgan fingerprint density at radius 1 is 1.32 bits per heavy atom. The van der Waals surface area contributed by atoms with Gasteiger partial charge in [0.2, 0.25) is 5.91 Å². The average molecular weight is 272 g/mol. The highest BCUT2D eigenvalue weighted by molar-refractivity contribution is 5.95. The normalized spacial score (nSPS) is 23.4. The van der Waals surface area contributed by atoms with Crippen LogP contribution in [0.4, 0.5) is 18.9 Å². The molecule has 2 N–H and O–H groups in total. The molecule has 1 amide bonds. The summed E-state index contributed by atoms with van der Waals surface area (Å²) in [4.78, 5) is 12.0. The van der Waals surface area contributed by atoms with E-state index in [2.05, 4.69) is 10.6 Å². The minimum Gasteiger partial charge on any atom is -0.326 e. The average Bonchev–Trinajstić information content (AvgIpc) is 2.77. The van der Waals surface area contributed by atoms with Crippen LogP contribution in [0.15, 0.2) is 24.3 Å². The van der Waals surface area contributed by atoms with Gasteiger partial charge < -0.3 is 10.6 Å². The zero-order valence-corrected chi connectivity index (χ0v) is 10.5. The minimum absolute atomic E-state index is 0.169. The Morgan fingerprint density at radius 3 is 2.42 bits per heavy atom. The summed E-state index contributed by atoms with van der Waals surface area (Å²) in [5.74, 6) is -0.169. The summed E-state index contributed by atoms with van der Waals surface area (Å²) in [5, 5.41) is 5.76. The van der Waals surface area contributed by atoms with Crippen LogP contribution in [0.5, 0.6) is 0 Å². The second-order valence-corrected chi connectivity index (χ2v) is 5.02. The van der Waals surface area contributed by atoms with Gasteiger partial charge in [0.25, 0.3) is 0 Å². The predicted molar refractivity (Wildman–Crippen MR) is 65.7 cm³/mol. The number of carbonyl (C=O) groups is 1. The minimum atomic E-state index is -4.36. The molecule has 1 aliphatic rings. The van der Waals surface area contributed by atoms with Gasteiger partial charge in [-0.2, -0.15) is 13.2 Å². The van der Waals surface area contributed by atoms with Gasteiger partial charge in [-0.1, -0.05) is 0 Å². The van der Waals surface area contributed by atoms with Crippen molar-refractivity contribution in [1.82, 2.24) is 5.32 Å². The van der Waals surface area contributed by atoms with Gasteiger partial charge in [0.05, 0.1) is 11.0 Å². The monoisotopic (exact) mass is 272 g/mol. The molecule has 1 aromatic carbocycles. The summed E-state index contributed by atoms with van der Waals surface area (Å²) >= 11 is 0. The molecule has 1 aliphatic heterocycles. The van der Waals surface area contributed by atoms with Crippen LogP contribution in [0.25, 0.3) is 0 Å². The van der Waals surface area contributed by atoms with Crippen molar-refractivity contribution in [3.63, 3.8) is 0 Å². The first-order chi connectivity index (χ1) is 8.81. The number of hydrogen-bond acceptors (Lipinski definition) is 2. The number of benzene rings is 1. The lowest BCUT2D eigenvalue weighted by Crippen LogP contribution is -2.35. The highest BCUT2D eigenvalue weighted by Crippen LogP contribution is 2.30. The first-order valence-electron chi connectivity index (χ1n) is 6.01. The maximum Gasteiger partial charge on any atom is 0.416 e. The van der Waals surface area contributed by atoms with E-state index in [4.69, 9.17) is 0 Å². The predicted octanol–water partition coefficient (Wildman–Crippen LogP) is 2.64. The van der Waals surface area contributed by atoms with Gasteiger partial charge in [-0.05, 0) is 44.2 Å². The lowest BCUT2D eigenvalue weighted by molar-refractivity contribution is -0.137. The molecular weight excluding hydrogens is 257 g/mol. The number of nitrogens with one attached hydrogen (secondary N) is 2. The molecule has 1 heterocycles. The van der Waals surface area contributed by atoms with E-state index in [1.54, 1.807) is 0 Å². The van der Waals surface area contributed by atoms with Crippen molar-refractivity contribution >= 4 is 11.6 Å². The number of alkyl halides is 3. The number of amides is 1. The third kappa shape index (κ3) is 3.07. The Balaban J connectivity index is 2.06. The standard InChI is InChI=1S/C13H15F3N2O/c1-12(6-7-17-8-12)11(19)18-10-4-2-9(3-5-10)13(14,15)16/h2-5,17H,6-8H2,1H3,(H,18,19). The Hall–Kier alpha value is -1.56. The highest BCUT2D eigenvalue weighted by atomic mass is 19.4. The summed E-state index contributed by atoms with van der Waals surface area (Å²) in [7, 11) is 0. The molecule has 2 rings (SSSR count). The maximum atomic E-state index is 12.4. The van der Waals surface area contributed by atoms with Crippen LogP contribution < -0.4 is 10.6 Å². The molecule has 19 heavy (non-hydrogen) atoms. The lowest BCUT2D eigenvalue weighted by atomic mass is 9.89. The van der Waals surface area contributed by atoms with E-state index in [0.717, 1.165) is 25.1 Å². The molecule has 1 fully saturated rings. The first kappa shape index (κ1) is 13.9. The number of halogens is 3. The quantitative estimate of drug-likeness (QED) is 0.869. The van der Waals surface area contributed by atoms with E-state index in [9.17, 15) is 18.0 Å². The molecular formula is C13H15F3N2O. The van der Waals surface area contributed by atoms with E-state index >= 15 is 0 Å². The van der Waals surface area contributed by atoms with Crippen LogP contribution in [-0.4, -0.2) is 19.0 Å². The number of carbonyl (C=O) groups excluding carboxylic acids is 1. The lowest BCUT2D eigenvalue weighted by Gasteiger charge is -2.21. The van der Waals surface area contributed by atoms with Crippen molar-refractivity contribution in [3.05, 3.63) is 29.8 Å². The van der Waals surface area contributed by atoms with Crippen LogP contribution in [0.1, 0.15) is 18.9 Å². The van der Waals surface area contributed by atoms with Gasteiger partial charge in [-0.3, -0.25) is 4.79 Å². The Kier molecular flexibility index (Phi) is 3.54. The molecule has 0 aromatic heterocycles. The fourth-order valence-electron chi connectivity index (χ4n) is 2.04. The molecule has 0 aliphatic carbocycles. The van der Waals surface area contributed by atoms with Crippen LogP contribution in [0.2, 0.25) is 0 Å². The largest absolute Gasteiger partial charge is 0.416 e. The van der Waals surface area contributed by atoms with Crippen molar-refractivity contribution < 1.29 is 18.0 Å². The molecule has 0 bridgehead atoms. The molecule has 1 atom stereocenters. The third-order valence-corrected chi connectivity index (χ3v) is 3.39. The number of anilines is 1. The van der Waals surface area contributed by atoms with E-state index in [0.29, 0.717) is 12.2 Å². The summed E-state index contributed by atoms with van der Waals surface area (Å²) in [6.45, 7) is 3.20. The molecule has 6 heteroatoms. The van der Waals surface area contributed by atoms with Crippen molar-refractivity contribution in [2.45, 2.75) is 19.5 Å². The zero-order chi connectivity index (χ0) is 14.1. The fraction of sp³-hybridized carbons (Fsp3) is 0.462. The van der Waals surface area contributed by atoms with E-state index in [1.807, 2.05) is 6.92 Å². The van der Waals surface area contributed by atoms with E-state index < -0.39 is 17.2 Å². The summed E-state index contributed by atoms with van der Waals surface area (Å²) in [5.41, 5.74) is -0.840. The summed E-state index contributed by atoms with van der Waals surface area (Å²) < 4.78 is 37.2. The maximum absolute atomic E-state index is 12.4. The van der Waals surface area contributed by atoms with Crippen LogP contribution in [0.3, 0.4) is 0 Å². The Morgan fingerprint density at radius 2 is 1.95 bits per heavy atom. The molecule has 104 valence electrons. The molecule has 0 radical (unpaired) electrons. The molecule has 1 aromatic rings. The van der Waals surface area contributed by atoms with Crippen LogP contribution >= 0.6 is 0 Å². The number of hydrogen-bond donors (Lipinski definition) is 2. The van der Waals surface area contributed by atoms with Gasteiger partial charge >= 0.3 is 6.18 Å². The van der Waals surface area contributed by atoms with Crippen molar-refractivity contribution in [2.24, 2.45) is 5.41 Å². The van der Waals surface area contributed by atoms with Crippen molar-refractivity contribution in [3.8, 4) is 0 Å². The highest BCUT2D eigenvalue weighted by Gasteiger charge is 2.36. The smallest absolute Gasteiger partial charge is 0.326 e. The van der Waals surface area contributed by atoms with Crippen LogP contribution in [0, 0.1) is 5.41 Å². The van der Waals surface area contributed by atoms with E-state index in [1.165, 1.54) is 12.1 Å². The number of rotatable bonds is 2. The van der Waals surface area contributed by atoms with Gasteiger partial charge in [0, 0.05) is 12.2 Å². The van der Waals surface area contributed by atoms with E-state index in [-0.39, 0.29) is 5.91 Å². The second-order valence-electron chi connectivity index (χ2n) is 5.02. The summed E-state index contributed by atoms with van der Waals surface area (Å²) in [6, 6.07) is 4.47. The van der Waals surface area contributed by atoms with Crippen molar-refractivity contribution in [1.29, 1.82) is 0 Å². The second kappa shape index (κ2) is 4.85. The Labute approximate surface area is 109 Å². The third-order valence-electron chi connectivity index (χ3n) is 3.39. The topological polar surface area (TPSA) is 41.1 Å². The van der Waals surface area contributed by atoms with Crippen LogP contribution in [-0.2, 0) is 11.0 Å². The van der Waals surface area contributed by atoms with Gasteiger partial charge in [-0.25, -0.2) is 0 Å². The van der Waals surface area contributed by atoms with Crippen molar-refractivity contribution in [2.75, 3.05) is 18.4 Å². The zero-order valence-electron chi connectivity index (χ0n) is 10.5. The van der Waals surface area contributed by atoms with Gasteiger partial charge in [-0.15, -0.1) is 0 Å². The molecule has 3 nitrogen and oxygen atoms in total. The van der Waals surface area contributed by atoms with Gasteiger partial charge in [0.15, 0.2) is 0 Å². The molecule has 1 unspecified atom stereocenters. The Bertz CT molecular complexity index is 462. The molecule has 1 saturated heterocycles. The molecule has 0 saturated carbocycles. The van der Waals surface area contributed by atoms with Gasteiger partial charge in [0.1, 0.15) is 0 Å². The molecule has 0 spiro atoms. The first-order valence-corrected chi connectivity index (χ1v) is 6.01.